The molecule has 0 amide bonds. The Kier molecular flexibility index (Phi) is 4.98. The molecule has 106 valence electrons. The summed E-state index contributed by atoms with van der Waals surface area (Å²) in [6, 6.07) is 11.3. The van der Waals surface area contributed by atoms with Gasteiger partial charge in [0.2, 0.25) is 0 Å². The van der Waals surface area contributed by atoms with E-state index in [9.17, 15) is 9.50 Å². The number of benzene rings is 2. The van der Waals surface area contributed by atoms with Crippen molar-refractivity contribution in [2.75, 3.05) is 19.0 Å². The Morgan fingerprint density at radius 2 is 1.95 bits per heavy atom. The minimum Gasteiger partial charge on any atom is -0.496 e. The molecule has 1 unspecified atom stereocenters. The van der Waals surface area contributed by atoms with Gasteiger partial charge in [0.15, 0.2) is 0 Å². The minimum absolute atomic E-state index is 0.0733. The first-order chi connectivity index (χ1) is 9.63. The van der Waals surface area contributed by atoms with Gasteiger partial charge in [-0.25, -0.2) is 4.39 Å². The highest BCUT2D eigenvalue weighted by Gasteiger charge is 2.12. The molecular weight excluding hydrogens is 325 g/mol. The smallest absolute Gasteiger partial charge is 0.133 e. The van der Waals surface area contributed by atoms with E-state index >= 15 is 0 Å². The lowest BCUT2D eigenvalue weighted by Crippen LogP contribution is -2.14. The monoisotopic (exact) mass is 339 g/mol. The van der Waals surface area contributed by atoms with Crippen LogP contribution in [0.1, 0.15) is 11.6 Å². The molecule has 20 heavy (non-hydrogen) atoms. The van der Waals surface area contributed by atoms with Crippen molar-refractivity contribution < 1.29 is 14.2 Å². The van der Waals surface area contributed by atoms with E-state index in [4.69, 9.17) is 4.74 Å². The molecule has 0 heterocycles. The van der Waals surface area contributed by atoms with Crippen molar-refractivity contribution in [2.45, 2.75) is 6.04 Å². The fourth-order valence-electron chi connectivity index (χ4n) is 1.88. The van der Waals surface area contributed by atoms with Crippen LogP contribution in [0.2, 0.25) is 0 Å². The average molecular weight is 340 g/mol. The predicted octanol–water partition coefficient (Wildman–Crippen LogP) is 3.74. The number of aliphatic hydroxyl groups is 1. The van der Waals surface area contributed by atoms with Crippen LogP contribution in [-0.2, 0) is 0 Å². The Morgan fingerprint density at radius 1 is 1.25 bits per heavy atom. The van der Waals surface area contributed by atoms with Crippen LogP contribution in [-0.4, -0.2) is 18.8 Å². The summed E-state index contributed by atoms with van der Waals surface area (Å²) >= 11 is 3.42. The van der Waals surface area contributed by atoms with Gasteiger partial charge in [-0.1, -0.05) is 6.07 Å². The van der Waals surface area contributed by atoms with Crippen LogP contribution in [0.5, 0.6) is 5.75 Å². The number of ether oxygens (including phenoxy) is 1. The number of aliphatic hydroxyl groups excluding tert-OH is 1. The van der Waals surface area contributed by atoms with Gasteiger partial charge in [0, 0.05) is 5.69 Å². The lowest BCUT2D eigenvalue weighted by Gasteiger charge is -2.19. The highest BCUT2D eigenvalue weighted by molar-refractivity contribution is 9.10. The number of nitrogens with one attached hydrogen (secondary N) is 1. The molecule has 0 aromatic heterocycles. The molecule has 5 heteroatoms. The molecule has 0 aliphatic heterocycles. The molecule has 0 aliphatic rings. The third-order valence-corrected chi connectivity index (χ3v) is 3.57. The van der Waals surface area contributed by atoms with Crippen LogP contribution in [0, 0.1) is 5.82 Å². The summed E-state index contributed by atoms with van der Waals surface area (Å²) in [5, 5.41) is 12.7. The quantitative estimate of drug-likeness (QED) is 0.871. The van der Waals surface area contributed by atoms with Crippen LogP contribution in [0.4, 0.5) is 10.1 Å². The van der Waals surface area contributed by atoms with Crippen LogP contribution in [0.3, 0.4) is 0 Å². The molecule has 2 aromatic carbocycles. The van der Waals surface area contributed by atoms with E-state index in [-0.39, 0.29) is 18.5 Å². The molecule has 0 spiro atoms. The number of hydrogen-bond acceptors (Lipinski definition) is 3. The molecule has 0 radical (unpaired) electrons. The van der Waals surface area contributed by atoms with Gasteiger partial charge in [0.1, 0.15) is 11.6 Å². The number of anilines is 1. The van der Waals surface area contributed by atoms with E-state index in [2.05, 4.69) is 21.2 Å². The highest BCUT2D eigenvalue weighted by atomic mass is 79.9. The molecular formula is C15H15BrFNO2. The summed E-state index contributed by atoms with van der Waals surface area (Å²) in [4.78, 5) is 0. The van der Waals surface area contributed by atoms with Crippen molar-refractivity contribution in [2.24, 2.45) is 0 Å². The first kappa shape index (κ1) is 14.8. The maximum absolute atomic E-state index is 12.9. The molecule has 0 fully saturated rings. The lowest BCUT2D eigenvalue weighted by molar-refractivity contribution is 0.276. The standard InChI is InChI=1S/C15H15BrFNO2/c1-20-15-7-2-10(8-13(15)16)14(9-19)18-12-5-3-11(17)4-6-12/h2-8,14,18-19H,9H2,1H3. The van der Waals surface area contributed by atoms with E-state index < -0.39 is 0 Å². The number of halogens is 2. The third kappa shape index (κ3) is 3.49. The fraction of sp³-hybridized carbons (Fsp3) is 0.200. The summed E-state index contributed by atoms with van der Waals surface area (Å²) in [5.41, 5.74) is 1.65. The van der Waals surface area contributed by atoms with Gasteiger partial charge >= 0.3 is 0 Å². The molecule has 3 nitrogen and oxygen atoms in total. The van der Waals surface area contributed by atoms with Gasteiger partial charge in [0.25, 0.3) is 0 Å². The van der Waals surface area contributed by atoms with Gasteiger partial charge < -0.3 is 15.2 Å². The van der Waals surface area contributed by atoms with Crippen molar-refractivity contribution in [3.05, 3.63) is 58.3 Å². The van der Waals surface area contributed by atoms with Crippen LogP contribution in [0.25, 0.3) is 0 Å². The minimum atomic E-state index is -0.289. The van der Waals surface area contributed by atoms with E-state index in [0.29, 0.717) is 0 Å². The maximum Gasteiger partial charge on any atom is 0.133 e. The van der Waals surface area contributed by atoms with Crippen molar-refractivity contribution in [3.8, 4) is 5.75 Å². The Labute approximate surface area is 125 Å². The first-order valence-electron chi connectivity index (χ1n) is 6.10. The van der Waals surface area contributed by atoms with E-state index in [0.717, 1.165) is 21.5 Å². The number of hydrogen-bond donors (Lipinski definition) is 2. The van der Waals surface area contributed by atoms with Gasteiger partial charge in [0.05, 0.1) is 24.2 Å². The fourth-order valence-corrected chi connectivity index (χ4v) is 2.44. The summed E-state index contributed by atoms with van der Waals surface area (Å²) in [6.45, 7) is -0.0733. The SMILES string of the molecule is COc1ccc(C(CO)Nc2ccc(F)cc2)cc1Br. The first-order valence-corrected chi connectivity index (χ1v) is 6.89. The molecule has 1 atom stereocenters. The van der Waals surface area contributed by atoms with E-state index in [1.165, 1.54) is 12.1 Å². The van der Waals surface area contributed by atoms with Crippen LogP contribution in [0.15, 0.2) is 46.9 Å². The average Bonchev–Trinajstić information content (AvgIpc) is 2.46. The van der Waals surface area contributed by atoms with Crippen molar-refractivity contribution in [3.63, 3.8) is 0 Å². The second-order valence-corrected chi connectivity index (χ2v) is 5.13. The molecule has 2 N–H and O–H groups in total. The number of methoxy groups -OCH3 is 1. The summed E-state index contributed by atoms with van der Waals surface area (Å²) in [6.07, 6.45) is 0. The lowest BCUT2D eigenvalue weighted by atomic mass is 10.1. The summed E-state index contributed by atoms with van der Waals surface area (Å²) in [7, 11) is 1.60. The zero-order valence-electron chi connectivity index (χ0n) is 10.9. The molecule has 0 aliphatic carbocycles. The zero-order chi connectivity index (χ0) is 14.5. The van der Waals surface area contributed by atoms with Crippen LogP contribution < -0.4 is 10.1 Å². The van der Waals surface area contributed by atoms with Crippen LogP contribution >= 0.6 is 15.9 Å². The third-order valence-electron chi connectivity index (χ3n) is 2.95. The largest absolute Gasteiger partial charge is 0.496 e. The Bertz CT molecular complexity index is 575. The van der Waals surface area contributed by atoms with Gasteiger partial charge in [-0.3, -0.25) is 0 Å². The van der Waals surface area contributed by atoms with Gasteiger partial charge in [-0.2, -0.15) is 0 Å². The predicted molar refractivity (Wildman–Crippen MR) is 80.5 cm³/mol. The molecule has 2 rings (SSSR count). The Morgan fingerprint density at radius 3 is 2.50 bits per heavy atom. The molecule has 0 bridgehead atoms. The zero-order valence-corrected chi connectivity index (χ0v) is 12.5. The molecule has 0 saturated carbocycles. The van der Waals surface area contributed by atoms with E-state index in [1.54, 1.807) is 19.2 Å². The Balaban J connectivity index is 2.19. The van der Waals surface area contributed by atoms with Gasteiger partial charge in [-0.05, 0) is 57.9 Å². The van der Waals surface area contributed by atoms with Gasteiger partial charge in [-0.15, -0.1) is 0 Å². The second-order valence-electron chi connectivity index (χ2n) is 4.28. The topological polar surface area (TPSA) is 41.5 Å². The highest BCUT2D eigenvalue weighted by Crippen LogP contribution is 2.29. The van der Waals surface area contributed by atoms with Crippen molar-refractivity contribution >= 4 is 21.6 Å². The normalized spacial score (nSPS) is 12.0. The maximum atomic E-state index is 12.9. The summed E-state index contributed by atoms with van der Waals surface area (Å²) < 4.78 is 18.9. The Hall–Kier alpha value is -1.59. The van der Waals surface area contributed by atoms with Crippen molar-refractivity contribution in [1.29, 1.82) is 0 Å². The molecule has 0 saturated heterocycles. The summed E-state index contributed by atoms with van der Waals surface area (Å²) in [5.74, 6) is 0.440. The second kappa shape index (κ2) is 6.72. The van der Waals surface area contributed by atoms with Crippen molar-refractivity contribution in [1.82, 2.24) is 0 Å². The molecule has 2 aromatic rings. The number of rotatable bonds is 5. The van der Waals surface area contributed by atoms with E-state index in [1.807, 2.05) is 18.2 Å².